The predicted octanol–water partition coefficient (Wildman–Crippen LogP) is 1.96. The summed E-state index contributed by atoms with van der Waals surface area (Å²) in [6.45, 7) is 6.23. The molecule has 1 aliphatic heterocycles. The molecule has 1 saturated heterocycles. The Kier molecular flexibility index (Phi) is 3.97. The van der Waals surface area contributed by atoms with Gasteiger partial charge in [-0.2, -0.15) is 0 Å². The number of carbonyl (C=O) groups excluding carboxylic acids is 1. The molecule has 18 heavy (non-hydrogen) atoms. The molecule has 2 rings (SSSR count). The van der Waals surface area contributed by atoms with Crippen molar-refractivity contribution in [3.05, 3.63) is 35.1 Å². The van der Waals surface area contributed by atoms with Gasteiger partial charge in [-0.15, -0.1) is 0 Å². The third kappa shape index (κ3) is 2.53. The number of hydrogen-bond acceptors (Lipinski definition) is 2. The molecular formula is C14H19FN2O. The van der Waals surface area contributed by atoms with Gasteiger partial charge in [-0.3, -0.25) is 4.79 Å². The molecule has 1 unspecified atom stereocenters. The Morgan fingerprint density at radius 2 is 2.33 bits per heavy atom. The van der Waals surface area contributed by atoms with E-state index in [1.165, 1.54) is 12.1 Å². The maximum atomic E-state index is 13.3. The fourth-order valence-electron chi connectivity index (χ4n) is 2.45. The van der Waals surface area contributed by atoms with Crippen LogP contribution in [0, 0.1) is 12.7 Å². The van der Waals surface area contributed by atoms with Crippen molar-refractivity contribution >= 4 is 5.91 Å². The summed E-state index contributed by atoms with van der Waals surface area (Å²) in [4.78, 5) is 14.3. The third-order valence-corrected chi connectivity index (χ3v) is 3.51. The Morgan fingerprint density at radius 1 is 1.56 bits per heavy atom. The van der Waals surface area contributed by atoms with Crippen LogP contribution in [0.1, 0.15) is 29.3 Å². The number of aryl methyl sites for hydroxylation is 1. The lowest BCUT2D eigenvalue weighted by molar-refractivity contribution is 0.0702. The van der Waals surface area contributed by atoms with Gasteiger partial charge in [0.25, 0.3) is 5.91 Å². The zero-order valence-electron chi connectivity index (χ0n) is 10.9. The first-order chi connectivity index (χ1) is 8.63. The summed E-state index contributed by atoms with van der Waals surface area (Å²) in [6.07, 6.45) is 0.966. The van der Waals surface area contributed by atoms with E-state index in [4.69, 9.17) is 0 Å². The summed E-state index contributed by atoms with van der Waals surface area (Å²) >= 11 is 0. The van der Waals surface area contributed by atoms with Gasteiger partial charge in [0, 0.05) is 24.7 Å². The van der Waals surface area contributed by atoms with E-state index in [9.17, 15) is 9.18 Å². The molecule has 1 N–H and O–H groups in total. The number of amides is 1. The minimum absolute atomic E-state index is 0.0665. The number of nitrogens with zero attached hydrogens (tertiary/aromatic N) is 1. The molecule has 98 valence electrons. The van der Waals surface area contributed by atoms with Crippen molar-refractivity contribution in [2.75, 3.05) is 19.6 Å². The molecule has 3 nitrogen and oxygen atoms in total. The number of halogens is 1. The van der Waals surface area contributed by atoms with Crippen molar-refractivity contribution in [2.45, 2.75) is 26.3 Å². The van der Waals surface area contributed by atoms with Gasteiger partial charge in [-0.05, 0) is 44.5 Å². The van der Waals surface area contributed by atoms with Gasteiger partial charge in [0.2, 0.25) is 0 Å². The van der Waals surface area contributed by atoms with Crippen molar-refractivity contribution < 1.29 is 9.18 Å². The van der Waals surface area contributed by atoms with E-state index in [1.54, 1.807) is 6.07 Å². The molecule has 1 heterocycles. The largest absolute Gasteiger partial charge is 0.335 e. The fraction of sp³-hybridized carbons (Fsp3) is 0.500. The second kappa shape index (κ2) is 5.48. The molecule has 0 aromatic heterocycles. The first kappa shape index (κ1) is 13.0. The summed E-state index contributed by atoms with van der Waals surface area (Å²) in [5, 5.41) is 3.25. The van der Waals surface area contributed by atoms with Crippen LogP contribution in [-0.2, 0) is 0 Å². The molecule has 1 amide bonds. The van der Waals surface area contributed by atoms with Gasteiger partial charge in [0.1, 0.15) is 5.82 Å². The Morgan fingerprint density at radius 3 is 2.94 bits per heavy atom. The molecular weight excluding hydrogens is 231 g/mol. The van der Waals surface area contributed by atoms with Gasteiger partial charge < -0.3 is 10.2 Å². The van der Waals surface area contributed by atoms with Crippen molar-refractivity contribution in [1.29, 1.82) is 0 Å². The van der Waals surface area contributed by atoms with Gasteiger partial charge in [0.15, 0.2) is 0 Å². The Bertz CT molecular complexity index is 441. The summed E-state index contributed by atoms with van der Waals surface area (Å²) in [5.74, 6) is -0.423. The first-order valence-electron chi connectivity index (χ1n) is 6.41. The minimum atomic E-state index is -0.357. The van der Waals surface area contributed by atoms with Crippen LogP contribution in [0.15, 0.2) is 18.2 Å². The molecule has 1 aromatic carbocycles. The van der Waals surface area contributed by atoms with Crippen LogP contribution in [0.25, 0.3) is 0 Å². The monoisotopic (exact) mass is 250 g/mol. The van der Waals surface area contributed by atoms with Gasteiger partial charge in [0.05, 0.1) is 0 Å². The van der Waals surface area contributed by atoms with Crippen LogP contribution >= 0.6 is 0 Å². The van der Waals surface area contributed by atoms with Crippen molar-refractivity contribution in [1.82, 2.24) is 10.2 Å². The van der Waals surface area contributed by atoms with E-state index >= 15 is 0 Å². The topological polar surface area (TPSA) is 32.3 Å². The highest BCUT2D eigenvalue weighted by Crippen LogP contribution is 2.17. The predicted molar refractivity (Wildman–Crippen MR) is 69.1 cm³/mol. The van der Waals surface area contributed by atoms with Gasteiger partial charge >= 0.3 is 0 Å². The smallest absolute Gasteiger partial charge is 0.254 e. The van der Waals surface area contributed by atoms with E-state index < -0.39 is 0 Å². The lowest BCUT2D eigenvalue weighted by atomic mass is 10.1. The van der Waals surface area contributed by atoms with E-state index in [-0.39, 0.29) is 17.8 Å². The standard InChI is InChI=1S/C14H19FN2O/c1-3-17(12-6-7-16-9-12)14(18)13-8-11(15)5-4-10(13)2/h4-5,8,12,16H,3,6-7,9H2,1-2H3. The zero-order valence-corrected chi connectivity index (χ0v) is 10.9. The molecule has 0 saturated carbocycles. The molecule has 0 radical (unpaired) electrons. The number of hydrogen-bond donors (Lipinski definition) is 1. The number of benzene rings is 1. The van der Waals surface area contributed by atoms with Crippen molar-refractivity contribution in [3.8, 4) is 0 Å². The fourth-order valence-corrected chi connectivity index (χ4v) is 2.45. The van der Waals surface area contributed by atoms with Crippen molar-refractivity contribution in [3.63, 3.8) is 0 Å². The van der Waals surface area contributed by atoms with Crippen LogP contribution in [0.2, 0.25) is 0 Å². The maximum absolute atomic E-state index is 13.3. The number of nitrogens with one attached hydrogen (secondary N) is 1. The molecule has 0 bridgehead atoms. The Labute approximate surface area is 107 Å². The molecule has 1 aromatic rings. The van der Waals surface area contributed by atoms with Crippen molar-refractivity contribution in [2.24, 2.45) is 0 Å². The molecule has 4 heteroatoms. The SMILES string of the molecule is CCN(C(=O)c1cc(F)ccc1C)C1CCNC1. The van der Waals surface area contributed by atoms with Gasteiger partial charge in [-0.25, -0.2) is 4.39 Å². The van der Waals surface area contributed by atoms with Crippen LogP contribution in [0.3, 0.4) is 0 Å². The van der Waals surface area contributed by atoms with E-state index in [1.807, 2.05) is 18.7 Å². The molecule has 1 fully saturated rings. The minimum Gasteiger partial charge on any atom is -0.335 e. The molecule has 0 spiro atoms. The second-order valence-electron chi connectivity index (χ2n) is 4.70. The molecule has 1 aliphatic rings. The van der Waals surface area contributed by atoms with Crippen LogP contribution in [-0.4, -0.2) is 36.5 Å². The second-order valence-corrected chi connectivity index (χ2v) is 4.70. The quantitative estimate of drug-likeness (QED) is 0.889. The van der Waals surface area contributed by atoms with Crippen LogP contribution in [0.4, 0.5) is 4.39 Å². The summed E-state index contributed by atoms with van der Waals surface area (Å²) in [7, 11) is 0. The normalized spacial score (nSPS) is 18.9. The third-order valence-electron chi connectivity index (χ3n) is 3.51. The average molecular weight is 250 g/mol. The highest BCUT2D eigenvalue weighted by molar-refractivity contribution is 5.95. The van der Waals surface area contributed by atoms with Crippen LogP contribution in [0.5, 0.6) is 0 Å². The average Bonchev–Trinajstić information content (AvgIpc) is 2.87. The lowest BCUT2D eigenvalue weighted by Crippen LogP contribution is -2.41. The Balaban J connectivity index is 2.25. The van der Waals surface area contributed by atoms with Gasteiger partial charge in [-0.1, -0.05) is 6.07 Å². The summed E-state index contributed by atoms with van der Waals surface area (Å²) in [6, 6.07) is 4.61. The van der Waals surface area contributed by atoms with E-state index in [0.29, 0.717) is 12.1 Å². The number of likely N-dealkylation sites (N-methyl/N-ethyl adjacent to an activating group) is 1. The zero-order chi connectivity index (χ0) is 13.1. The lowest BCUT2D eigenvalue weighted by Gasteiger charge is -2.27. The summed E-state index contributed by atoms with van der Waals surface area (Å²) < 4.78 is 13.3. The summed E-state index contributed by atoms with van der Waals surface area (Å²) in [5.41, 5.74) is 1.30. The first-order valence-corrected chi connectivity index (χ1v) is 6.41. The number of carbonyl (C=O) groups is 1. The number of rotatable bonds is 3. The van der Waals surface area contributed by atoms with E-state index in [0.717, 1.165) is 25.1 Å². The maximum Gasteiger partial charge on any atom is 0.254 e. The molecule has 1 atom stereocenters. The highest BCUT2D eigenvalue weighted by atomic mass is 19.1. The van der Waals surface area contributed by atoms with E-state index in [2.05, 4.69) is 5.32 Å². The van der Waals surface area contributed by atoms with Crippen LogP contribution < -0.4 is 5.32 Å². The highest BCUT2D eigenvalue weighted by Gasteiger charge is 2.26. The molecule has 0 aliphatic carbocycles. The Hall–Kier alpha value is -1.42.